The summed E-state index contributed by atoms with van der Waals surface area (Å²) in [6.07, 6.45) is 0.958. The Morgan fingerprint density at radius 3 is 2.52 bits per heavy atom. The van der Waals surface area contributed by atoms with Crippen molar-refractivity contribution in [1.29, 1.82) is 0 Å². The van der Waals surface area contributed by atoms with Crippen LogP contribution in [0, 0.1) is 0 Å². The van der Waals surface area contributed by atoms with Gasteiger partial charge in [-0.25, -0.2) is 4.98 Å². The smallest absolute Gasteiger partial charge is 0.208 e. The minimum absolute atomic E-state index is 0.711. The van der Waals surface area contributed by atoms with Crippen molar-refractivity contribution in [1.82, 2.24) is 15.2 Å². The maximum atomic E-state index is 5.89. The third-order valence-corrected chi connectivity index (χ3v) is 4.46. The zero-order valence-corrected chi connectivity index (χ0v) is 14.2. The molecule has 0 saturated heterocycles. The van der Waals surface area contributed by atoms with Crippen molar-refractivity contribution in [2.45, 2.75) is 11.6 Å². The SMILES string of the molecule is COc1ccc(CCSc2n[nH]c(-c3ccc(Cl)cc3)n2)cc1. The topological polar surface area (TPSA) is 50.8 Å². The van der Waals surface area contributed by atoms with E-state index in [0.717, 1.165) is 34.5 Å². The van der Waals surface area contributed by atoms with Gasteiger partial charge in [-0.2, -0.15) is 0 Å². The lowest BCUT2D eigenvalue weighted by molar-refractivity contribution is 0.414. The van der Waals surface area contributed by atoms with Gasteiger partial charge < -0.3 is 4.74 Å². The van der Waals surface area contributed by atoms with E-state index in [1.54, 1.807) is 18.9 Å². The van der Waals surface area contributed by atoms with Crippen LogP contribution >= 0.6 is 23.4 Å². The molecule has 0 unspecified atom stereocenters. The Hall–Kier alpha value is -1.98. The van der Waals surface area contributed by atoms with Crippen LogP contribution in [0.2, 0.25) is 5.02 Å². The summed E-state index contributed by atoms with van der Waals surface area (Å²) in [6.45, 7) is 0. The number of benzene rings is 2. The van der Waals surface area contributed by atoms with Crippen molar-refractivity contribution >= 4 is 23.4 Å². The van der Waals surface area contributed by atoms with E-state index in [1.165, 1.54) is 5.56 Å². The summed E-state index contributed by atoms with van der Waals surface area (Å²) in [6, 6.07) is 15.7. The number of nitrogens with one attached hydrogen (secondary N) is 1. The van der Waals surface area contributed by atoms with Crippen molar-refractivity contribution in [3.05, 3.63) is 59.1 Å². The number of halogens is 1. The van der Waals surface area contributed by atoms with Crippen LogP contribution in [0.5, 0.6) is 5.75 Å². The Kier molecular flexibility index (Phi) is 5.20. The fourth-order valence-corrected chi connectivity index (χ4v) is 3.01. The maximum absolute atomic E-state index is 5.89. The summed E-state index contributed by atoms with van der Waals surface area (Å²) in [5, 5.41) is 8.67. The van der Waals surface area contributed by atoms with Gasteiger partial charge in [0.25, 0.3) is 0 Å². The number of hydrogen-bond donors (Lipinski definition) is 1. The number of aromatic amines is 1. The zero-order valence-electron chi connectivity index (χ0n) is 12.6. The second kappa shape index (κ2) is 7.53. The Labute approximate surface area is 144 Å². The highest BCUT2D eigenvalue weighted by atomic mass is 35.5. The van der Waals surface area contributed by atoms with E-state index < -0.39 is 0 Å². The van der Waals surface area contributed by atoms with E-state index in [-0.39, 0.29) is 0 Å². The summed E-state index contributed by atoms with van der Waals surface area (Å²) in [4.78, 5) is 4.50. The molecule has 0 amide bonds. The Bertz CT molecular complexity index is 756. The Morgan fingerprint density at radius 1 is 1.09 bits per heavy atom. The first-order valence-electron chi connectivity index (χ1n) is 7.18. The fourth-order valence-electron chi connectivity index (χ4n) is 2.10. The van der Waals surface area contributed by atoms with Crippen LogP contribution in [0.3, 0.4) is 0 Å². The van der Waals surface area contributed by atoms with Crippen LogP contribution in [-0.2, 0) is 6.42 Å². The third kappa shape index (κ3) is 4.27. The minimum atomic E-state index is 0.711. The lowest BCUT2D eigenvalue weighted by Gasteiger charge is -2.02. The van der Waals surface area contributed by atoms with Gasteiger partial charge in [0.15, 0.2) is 5.82 Å². The van der Waals surface area contributed by atoms with E-state index in [2.05, 4.69) is 27.3 Å². The quantitative estimate of drug-likeness (QED) is 0.670. The zero-order chi connectivity index (χ0) is 16.1. The van der Waals surface area contributed by atoms with Crippen molar-refractivity contribution in [2.75, 3.05) is 12.9 Å². The monoisotopic (exact) mass is 345 g/mol. The van der Waals surface area contributed by atoms with Crippen LogP contribution in [0.1, 0.15) is 5.56 Å². The number of hydrogen-bond acceptors (Lipinski definition) is 4. The number of methoxy groups -OCH3 is 1. The van der Waals surface area contributed by atoms with Gasteiger partial charge in [-0.1, -0.05) is 35.5 Å². The molecule has 2 aromatic carbocycles. The predicted octanol–water partition coefficient (Wildman–Crippen LogP) is 4.47. The third-order valence-electron chi connectivity index (χ3n) is 3.36. The van der Waals surface area contributed by atoms with Gasteiger partial charge >= 0.3 is 0 Å². The van der Waals surface area contributed by atoms with Crippen molar-refractivity contribution in [2.24, 2.45) is 0 Å². The first kappa shape index (κ1) is 15.9. The molecular weight excluding hydrogens is 330 g/mol. The van der Waals surface area contributed by atoms with Gasteiger partial charge in [-0.15, -0.1) is 5.10 Å². The van der Waals surface area contributed by atoms with E-state index in [0.29, 0.717) is 5.02 Å². The van der Waals surface area contributed by atoms with E-state index >= 15 is 0 Å². The average molecular weight is 346 g/mol. The highest BCUT2D eigenvalue weighted by Gasteiger charge is 2.06. The number of rotatable bonds is 6. The number of ether oxygens (including phenoxy) is 1. The summed E-state index contributed by atoms with van der Waals surface area (Å²) in [7, 11) is 1.67. The lowest BCUT2D eigenvalue weighted by Crippen LogP contribution is -1.90. The minimum Gasteiger partial charge on any atom is -0.497 e. The Balaban J connectivity index is 1.55. The van der Waals surface area contributed by atoms with Gasteiger partial charge in [0.1, 0.15) is 5.75 Å². The molecule has 1 N–H and O–H groups in total. The average Bonchev–Trinajstić information content (AvgIpc) is 3.05. The lowest BCUT2D eigenvalue weighted by atomic mass is 10.2. The van der Waals surface area contributed by atoms with Crippen LogP contribution in [0.4, 0.5) is 0 Å². The molecule has 1 heterocycles. The molecule has 0 bridgehead atoms. The van der Waals surface area contributed by atoms with Crippen LogP contribution in [-0.4, -0.2) is 28.0 Å². The summed E-state index contributed by atoms with van der Waals surface area (Å²) >= 11 is 7.52. The molecule has 1 aromatic heterocycles. The second-order valence-corrected chi connectivity index (χ2v) is 6.42. The maximum Gasteiger partial charge on any atom is 0.208 e. The molecule has 4 nitrogen and oxygen atoms in total. The van der Waals surface area contributed by atoms with Crippen LogP contribution in [0.15, 0.2) is 53.7 Å². The number of nitrogens with zero attached hydrogens (tertiary/aromatic N) is 2. The predicted molar refractivity (Wildman–Crippen MR) is 94.3 cm³/mol. The number of H-pyrrole nitrogens is 1. The Morgan fingerprint density at radius 2 is 1.83 bits per heavy atom. The van der Waals surface area contributed by atoms with Crippen molar-refractivity contribution in [3.8, 4) is 17.1 Å². The summed E-state index contributed by atoms with van der Waals surface area (Å²) in [5.74, 6) is 2.56. The van der Waals surface area contributed by atoms with E-state index in [9.17, 15) is 0 Å². The molecule has 118 valence electrons. The molecular formula is C17H16ClN3OS. The molecule has 0 aliphatic carbocycles. The molecule has 0 fully saturated rings. The first-order valence-corrected chi connectivity index (χ1v) is 8.55. The fraction of sp³-hybridized carbons (Fsp3) is 0.176. The second-order valence-electron chi connectivity index (χ2n) is 4.92. The molecule has 0 radical (unpaired) electrons. The number of aryl methyl sites for hydroxylation is 1. The molecule has 3 rings (SSSR count). The molecule has 3 aromatic rings. The highest BCUT2D eigenvalue weighted by Crippen LogP contribution is 2.22. The van der Waals surface area contributed by atoms with Crippen LogP contribution in [0.25, 0.3) is 11.4 Å². The number of thioether (sulfide) groups is 1. The molecule has 0 spiro atoms. The normalized spacial score (nSPS) is 10.7. The summed E-state index contributed by atoms with van der Waals surface area (Å²) < 4.78 is 5.16. The highest BCUT2D eigenvalue weighted by molar-refractivity contribution is 7.99. The van der Waals surface area contributed by atoms with Gasteiger partial charge in [-0.3, -0.25) is 5.10 Å². The molecule has 0 atom stereocenters. The van der Waals surface area contributed by atoms with Crippen LogP contribution < -0.4 is 4.74 Å². The van der Waals surface area contributed by atoms with Gasteiger partial charge in [0.2, 0.25) is 5.16 Å². The molecule has 0 aliphatic heterocycles. The molecule has 0 saturated carbocycles. The molecule has 23 heavy (non-hydrogen) atoms. The standard InChI is InChI=1S/C17H16ClN3OS/c1-22-15-8-2-12(3-9-15)10-11-23-17-19-16(20-21-17)13-4-6-14(18)7-5-13/h2-9H,10-11H2,1H3,(H,19,20,21). The molecule has 6 heteroatoms. The largest absolute Gasteiger partial charge is 0.497 e. The summed E-state index contributed by atoms with van der Waals surface area (Å²) in [5.41, 5.74) is 2.25. The van der Waals surface area contributed by atoms with Gasteiger partial charge in [-0.05, 0) is 48.4 Å². The first-order chi connectivity index (χ1) is 11.2. The van der Waals surface area contributed by atoms with Crippen molar-refractivity contribution < 1.29 is 4.74 Å². The van der Waals surface area contributed by atoms with Crippen molar-refractivity contribution in [3.63, 3.8) is 0 Å². The van der Waals surface area contributed by atoms with E-state index in [1.807, 2.05) is 36.4 Å². The molecule has 0 aliphatic rings. The van der Waals surface area contributed by atoms with Gasteiger partial charge in [0, 0.05) is 16.3 Å². The van der Waals surface area contributed by atoms with E-state index in [4.69, 9.17) is 16.3 Å². The number of aromatic nitrogens is 3. The van der Waals surface area contributed by atoms with Gasteiger partial charge in [0.05, 0.1) is 7.11 Å².